The van der Waals surface area contributed by atoms with Crippen LogP contribution in [0.25, 0.3) is 0 Å². The molecule has 112 valence electrons. The van der Waals surface area contributed by atoms with Crippen LogP contribution in [0.1, 0.15) is 30.7 Å². The Morgan fingerprint density at radius 3 is 2.90 bits per heavy atom. The average Bonchev–Trinajstić information content (AvgIpc) is 3.00. The molecule has 20 heavy (non-hydrogen) atoms. The van der Waals surface area contributed by atoms with Gasteiger partial charge in [-0.3, -0.25) is 4.90 Å². The smallest absolute Gasteiger partial charge is 0.0569 e. The third-order valence-corrected chi connectivity index (χ3v) is 5.61. The van der Waals surface area contributed by atoms with Crippen LogP contribution in [-0.2, 0) is 0 Å². The summed E-state index contributed by atoms with van der Waals surface area (Å²) in [6.07, 6.45) is 2.79. The molecule has 2 aliphatic heterocycles. The highest BCUT2D eigenvalue weighted by atomic mass is 32.1. The summed E-state index contributed by atoms with van der Waals surface area (Å²) in [7, 11) is 0. The summed E-state index contributed by atoms with van der Waals surface area (Å²) >= 11 is 1.93. The fourth-order valence-corrected chi connectivity index (χ4v) is 4.41. The van der Waals surface area contributed by atoms with E-state index in [-0.39, 0.29) is 0 Å². The van der Waals surface area contributed by atoms with Crippen molar-refractivity contribution >= 4 is 11.3 Å². The van der Waals surface area contributed by atoms with Gasteiger partial charge in [0.05, 0.1) is 6.04 Å². The molecule has 2 unspecified atom stereocenters. The van der Waals surface area contributed by atoms with Crippen LogP contribution >= 0.6 is 11.3 Å². The standard InChI is InChI=1S/C16H27N3S/c1-14-4-2-8-18(12-14)13-15(16-5-3-11-20-16)19-9-6-17-7-10-19/h3,5,11,14-15,17H,2,4,6-10,12-13H2,1H3. The molecular formula is C16H27N3S. The molecule has 0 aromatic carbocycles. The van der Waals surface area contributed by atoms with Crippen LogP contribution in [0.3, 0.4) is 0 Å². The van der Waals surface area contributed by atoms with Crippen molar-refractivity contribution in [2.75, 3.05) is 45.8 Å². The number of piperazine rings is 1. The van der Waals surface area contributed by atoms with Gasteiger partial charge < -0.3 is 10.2 Å². The summed E-state index contributed by atoms with van der Waals surface area (Å²) in [6.45, 7) is 10.8. The Kier molecular flexibility index (Phi) is 5.10. The minimum Gasteiger partial charge on any atom is -0.314 e. The van der Waals surface area contributed by atoms with E-state index in [1.807, 2.05) is 11.3 Å². The third kappa shape index (κ3) is 3.61. The molecule has 1 N–H and O–H groups in total. The van der Waals surface area contributed by atoms with Gasteiger partial charge in [-0.1, -0.05) is 13.0 Å². The van der Waals surface area contributed by atoms with Crippen molar-refractivity contribution in [2.24, 2.45) is 5.92 Å². The molecule has 0 radical (unpaired) electrons. The largest absolute Gasteiger partial charge is 0.314 e. The van der Waals surface area contributed by atoms with E-state index < -0.39 is 0 Å². The van der Waals surface area contributed by atoms with E-state index >= 15 is 0 Å². The monoisotopic (exact) mass is 293 g/mol. The SMILES string of the molecule is CC1CCCN(CC(c2cccs2)N2CCNCC2)C1. The van der Waals surface area contributed by atoms with Gasteiger partial charge in [-0.05, 0) is 36.8 Å². The van der Waals surface area contributed by atoms with Crippen molar-refractivity contribution in [1.29, 1.82) is 0 Å². The molecule has 2 atom stereocenters. The first-order valence-electron chi connectivity index (χ1n) is 8.03. The predicted octanol–water partition coefficient (Wildman–Crippen LogP) is 2.43. The Balaban J connectivity index is 1.68. The Morgan fingerprint density at radius 2 is 2.20 bits per heavy atom. The van der Waals surface area contributed by atoms with Gasteiger partial charge in [0.25, 0.3) is 0 Å². The van der Waals surface area contributed by atoms with Crippen molar-refractivity contribution in [3.05, 3.63) is 22.4 Å². The normalized spacial score (nSPS) is 27.6. The minimum atomic E-state index is 0.599. The van der Waals surface area contributed by atoms with E-state index in [1.165, 1.54) is 45.6 Å². The highest BCUT2D eigenvalue weighted by molar-refractivity contribution is 7.10. The van der Waals surface area contributed by atoms with E-state index in [0.717, 1.165) is 19.0 Å². The highest BCUT2D eigenvalue weighted by Crippen LogP contribution is 2.28. The molecule has 2 fully saturated rings. The molecule has 2 aliphatic rings. The molecule has 3 heterocycles. The van der Waals surface area contributed by atoms with E-state index in [2.05, 4.69) is 39.6 Å². The summed E-state index contributed by atoms with van der Waals surface area (Å²) in [4.78, 5) is 6.92. The second-order valence-electron chi connectivity index (χ2n) is 6.32. The third-order valence-electron chi connectivity index (χ3n) is 4.64. The van der Waals surface area contributed by atoms with E-state index in [9.17, 15) is 0 Å². The van der Waals surface area contributed by atoms with Crippen molar-refractivity contribution in [3.63, 3.8) is 0 Å². The zero-order valence-electron chi connectivity index (χ0n) is 12.6. The molecule has 0 aliphatic carbocycles. The summed E-state index contributed by atoms with van der Waals surface area (Å²) < 4.78 is 0. The lowest BCUT2D eigenvalue weighted by Crippen LogP contribution is -2.48. The Hall–Kier alpha value is -0.420. The van der Waals surface area contributed by atoms with Crippen LogP contribution in [0, 0.1) is 5.92 Å². The lowest BCUT2D eigenvalue weighted by atomic mass is 9.99. The highest BCUT2D eigenvalue weighted by Gasteiger charge is 2.26. The van der Waals surface area contributed by atoms with Gasteiger partial charge in [-0.2, -0.15) is 0 Å². The molecule has 0 spiro atoms. The van der Waals surface area contributed by atoms with Crippen molar-refractivity contribution < 1.29 is 0 Å². The lowest BCUT2D eigenvalue weighted by Gasteiger charge is -2.39. The Bertz CT molecular complexity index is 386. The van der Waals surface area contributed by atoms with Gasteiger partial charge in [0, 0.05) is 44.1 Å². The topological polar surface area (TPSA) is 18.5 Å². The Labute approximate surface area is 127 Å². The molecule has 0 saturated carbocycles. The fraction of sp³-hybridized carbons (Fsp3) is 0.750. The van der Waals surface area contributed by atoms with E-state index in [0.29, 0.717) is 6.04 Å². The van der Waals surface area contributed by atoms with Crippen LogP contribution in [0.15, 0.2) is 17.5 Å². The van der Waals surface area contributed by atoms with E-state index in [1.54, 1.807) is 4.88 Å². The molecule has 3 nitrogen and oxygen atoms in total. The van der Waals surface area contributed by atoms with Crippen LogP contribution in [0.5, 0.6) is 0 Å². The second-order valence-corrected chi connectivity index (χ2v) is 7.30. The molecular weight excluding hydrogens is 266 g/mol. The number of hydrogen-bond acceptors (Lipinski definition) is 4. The molecule has 0 bridgehead atoms. The number of nitrogens with one attached hydrogen (secondary N) is 1. The lowest BCUT2D eigenvalue weighted by molar-refractivity contribution is 0.102. The zero-order chi connectivity index (χ0) is 13.8. The molecule has 3 rings (SSSR count). The van der Waals surface area contributed by atoms with Crippen molar-refractivity contribution in [2.45, 2.75) is 25.8 Å². The molecule has 2 saturated heterocycles. The van der Waals surface area contributed by atoms with Crippen molar-refractivity contribution in [3.8, 4) is 0 Å². The summed E-state index contributed by atoms with van der Waals surface area (Å²) in [5, 5.41) is 5.70. The number of likely N-dealkylation sites (tertiary alicyclic amines) is 1. The van der Waals surface area contributed by atoms with Gasteiger partial charge in [0.2, 0.25) is 0 Å². The summed E-state index contributed by atoms with van der Waals surface area (Å²) in [5.74, 6) is 0.871. The number of hydrogen-bond donors (Lipinski definition) is 1. The number of nitrogens with zero attached hydrogens (tertiary/aromatic N) is 2. The number of thiophene rings is 1. The van der Waals surface area contributed by atoms with Crippen LogP contribution in [0.4, 0.5) is 0 Å². The predicted molar refractivity (Wildman–Crippen MR) is 86.3 cm³/mol. The fourth-order valence-electron chi connectivity index (χ4n) is 3.56. The van der Waals surface area contributed by atoms with Crippen LogP contribution in [0.2, 0.25) is 0 Å². The second kappa shape index (κ2) is 7.03. The average molecular weight is 293 g/mol. The molecule has 1 aromatic heterocycles. The zero-order valence-corrected chi connectivity index (χ0v) is 13.4. The molecule has 0 amide bonds. The van der Waals surface area contributed by atoms with Gasteiger partial charge in [0.15, 0.2) is 0 Å². The van der Waals surface area contributed by atoms with Gasteiger partial charge >= 0.3 is 0 Å². The first-order valence-corrected chi connectivity index (χ1v) is 8.91. The van der Waals surface area contributed by atoms with E-state index in [4.69, 9.17) is 0 Å². The molecule has 1 aromatic rings. The summed E-state index contributed by atoms with van der Waals surface area (Å²) in [5.41, 5.74) is 0. The Morgan fingerprint density at radius 1 is 1.35 bits per heavy atom. The summed E-state index contributed by atoms with van der Waals surface area (Å²) in [6, 6.07) is 5.13. The van der Waals surface area contributed by atoms with Gasteiger partial charge in [-0.15, -0.1) is 11.3 Å². The van der Waals surface area contributed by atoms with Gasteiger partial charge in [0.1, 0.15) is 0 Å². The number of piperidine rings is 1. The number of rotatable bonds is 4. The molecule has 4 heteroatoms. The first kappa shape index (κ1) is 14.5. The van der Waals surface area contributed by atoms with Gasteiger partial charge in [-0.25, -0.2) is 0 Å². The quantitative estimate of drug-likeness (QED) is 0.920. The van der Waals surface area contributed by atoms with Crippen LogP contribution in [-0.4, -0.2) is 55.6 Å². The maximum atomic E-state index is 3.47. The van der Waals surface area contributed by atoms with Crippen LogP contribution < -0.4 is 5.32 Å². The maximum absolute atomic E-state index is 3.47. The minimum absolute atomic E-state index is 0.599. The maximum Gasteiger partial charge on any atom is 0.0569 e. The first-order chi connectivity index (χ1) is 9.83. The van der Waals surface area contributed by atoms with Crippen molar-refractivity contribution in [1.82, 2.24) is 15.1 Å².